The summed E-state index contributed by atoms with van der Waals surface area (Å²) in [7, 11) is 0. The summed E-state index contributed by atoms with van der Waals surface area (Å²) >= 11 is 1.94. The maximum Gasteiger partial charge on any atom is 0.0374 e. The summed E-state index contributed by atoms with van der Waals surface area (Å²) in [5, 5.41) is 1.39. The van der Waals surface area contributed by atoms with E-state index in [9.17, 15) is 0 Å². The van der Waals surface area contributed by atoms with Crippen LogP contribution in [0.2, 0.25) is 0 Å². The van der Waals surface area contributed by atoms with Crippen LogP contribution in [-0.4, -0.2) is 5.54 Å². The van der Waals surface area contributed by atoms with Crippen LogP contribution in [-0.2, 0) is 6.42 Å². The molecule has 1 nitrogen and oxygen atoms in total. The van der Waals surface area contributed by atoms with Gasteiger partial charge in [-0.15, -0.1) is 11.3 Å². The number of rotatable bonds is 3. The highest BCUT2D eigenvalue weighted by atomic mass is 32.1. The first-order valence-corrected chi connectivity index (χ1v) is 6.75. The maximum atomic E-state index is 6.12. The molecule has 0 atom stereocenters. The van der Waals surface area contributed by atoms with Gasteiger partial charge in [0.05, 0.1) is 0 Å². The third-order valence-electron chi connectivity index (χ3n) is 3.55. The molecule has 0 unspecified atom stereocenters. The lowest BCUT2D eigenvalue weighted by Crippen LogP contribution is -2.21. The van der Waals surface area contributed by atoms with E-state index in [4.69, 9.17) is 5.73 Å². The number of nitrogens with two attached hydrogens (primary N) is 1. The Labute approximate surface area is 100 Å². The molecule has 3 rings (SSSR count). The van der Waals surface area contributed by atoms with Gasteiger partial charge in [-0.2, -0.15) is 0 Å². The fourth-order valence-corrected chi connectivity index (χ4v) is 3.29. The van der Waals surface area contributed by atoms with Crippen LogP contribution in [0.1, 0.15) is 29.7 Å². The Hall–Kier alpha value is -0.860. The molecule has 0 amide bonds. The van der Waals surface area contributed by atoms with Crippen molar-refractivity contribution in [2.45, 2.75) is 38.1 Å². The largest absolute Gasteiger partial charge is 0.325 e. The lowest BCUT2D eigenvalue weighted by Gasteiger charge is -2.05. The van der Waals surface area contributed by atoms with E-state index in [1.54, 1.807) is 0 Å². The summed E-state index contributed by atoms with van der Waals surface area (Å²) in [6.07, 6.45) is 4.74. The van der Waals surface area contributed by atoms with Crippen LogP contribution in [0.5, 0.6) is 0 Å². The lowest BCUT2D eigenvalue weighted by atomic mass is 10.1. The highest BCUT2D eigenvalue weighted by molar-refractivity contribution is 7.19. The second-order valence-corrected chi connectivity index (χ2v) is 6.21. The Morgan fingerprint density at radius 3 is 2.88 bits per heavy atom. The fraction of sp³-hybridized carbons (Fsp3) is 0.429. The second-order valence-electron chi connectivity index (χ2n) is 5.07. The van der Waals surface area contributed by atoms with Gasteiger partial charge in [0.1, 0.15) is 0 Å². The van der Waals surface area contributed by atoms with Gasteiger partial charge in [0.15, 0.2) is 0 Å². The van der Waals surface area contributed by atoms with Crippen molar-refractivity contribution in [3.8, 4) is 0 Å². The Morgan fingerprint density at radius 1 is 1.38 bits per heavy atom. The minimum absolute atomic E-state index is 0.186. The summed E-state index contributed by atoms with van der Waals surface area (Å²) in [5.41, 5.74) is 7.70. The van der Waals surface area contributed by atoms with Crippen LogP contribution in [0.4, 0.5) is 0 Å². The molecule has 0 bridgehead atoms. The molecule has 0 aliphatic heterocycles. The molecule has 0 radical (unpaired) electrons. The van der Waals surface area contributed by atoms with Crippen molar-refractivity contribution in [1.29, 1.82) is 0 Å². The van der Waals surface area contributed by atoms with Crippen molar-refractivity contribution in [3.63, 3.8) is 0 Å². The number of hydrogen-bond acceptors (Lipinski definition) is 2. The number of fused-ring (bicyclic) bond motifs is 1. The van der Waals surface area contributed by atoms with Crippen molar-refractivity contribution in [2.75, 3.05) is 0 Å². The minimum Gasteiger partial charge on any atom is -0.325 e. The van der Waals surface area contributed by atoms with Gasteiger partial charge >= 0.3 is 0 Å². The third kappa shape index (κ3) is 1.87. The molecule has 84 valence electrons. The smallest absolute Gasteiger partial charge is 0.0374 e. The van der Waals surface area contributed by atoms with Gasteiger partial charge in [-0.3, -0.25) is 0 Å². The highest BCUT2D eigenvalue weighted by Gasteiger charge is 2.37. The first-order chi connectivity index (χ1) is 7.66. The molecule has 0 spiro atoms. The van der Waals surface area contributed by atoms with Crippen molar-refractivity contribution in [3.05, 3.63) is 34.7 Å². The molecule has 16 heavy (non-hydrogen) atoms. The maximum absolute atomic E-state index is 6.12. The Morgan fingerprint density at radius 2 is 2.19 bits per heavy atom. The first-order valence-electron chi connectivity index (χ1n) is 5.93. The number of benzene rings is 1. The SMILES string of the molecule is Cc1cccc2cc(CCC3(N)CC3)sc12. The fourth-order valence-electron chi connectivity index (χ4n) is 2.17. The van der Waals surface area contributed by atoms with Crippen LogP contribution in [0, 0.1) is 6.92 Å². The summed E-state index contributed by atoms with van der Waals surface area (Å²) in [6, 6.07) is 8.86. The molecule has 1 aliphatic carbocycles. The van der Waals surface area contributed by atoms with E-state index < -0.39 is 0 Å². The summed E-state index contributed by atoms with van der Waals surface area (Å²) in [5.74, 6) is 0. The summed E-state index contributed by atoms with van der Waals surface area (Å²) in [4.78, 5) is 1.49. The van der Waals surface area contributed by atoms with Crippen LogP contribution < -0.4 is 5.73 Å². The molecule has 1 aromatic heterocycles. The third-order valence-corrected chi connectivity index (χ3v) is 4.90. The van der Waals surface area contributed by atoms with E-state index in [-0.39, 0.29) is 5.54 Å². The van der Waals surface area contributed by atoms with E-state index in [1.165, 1.54) is 33.4 Å². The quantitative estimate of drug-likeness (QED) is 0.857. The topological polar surface area (TPSA) is 26.0 Å². The molecule has 2 N–H and O–H groups in total. The van der Waals surface area contributed by atoms with Gasteiger partial charge in [0.2, 0.25) is 0 Å². The Balaban J connectivity index is 1.85. The molecule has 1 fully saturated rings. The Bertz CT molecular complexity index is 523. The minimum atomic E-state index is 0.186. The molecule has 1 heterocycles. The van der Waals surface area contributed by atoms with Crippen LogP contribution in [0.25, 0.3) is 10.1 Å². The zero-order chi connectivity index (χ0) is 11.2. The van der Waals surface area contributed by atoms with E-state index in [0.29, 0.717) is 0 Å². The van der Waals surface area contributed by atoms with Crippen LogP contribution in [0.15, 0.2) is 24.3 Å². The predicted molar refractivity (Wildman–Crippen MR) is 71.0 cm³/mol. The van der Waals surface area contributed by atoms with Gasteiger partial charge in [-0.1, -0.05) is 18.2 Å². The van der Waals surface area contributed by atoms with Gasteiger partial charge in [-0.05, 0) is 49.6 Å². The monoisotopic (exact) mass is 231 g/mol. The van der Waals surface area contributed by atoms with Crippen molar-refractivity contribution in [2.24, 2.45) is 5.73 Å². The van der Waals surface area contributed by atoms with Crippen LogP contribution >= 0.6 is 11.3 Å². The predicted octanol–water partition coefficient (Wildman–Crippen LogP) is 3.63. The summed E-state index contributed by atoms with van der Waals surface area (Å²) < 4.78 is 1.44. The van der Waals surface area contributed by atoms with Crippen molar-refractivity contribution < 1.29 is 0 Å². The lowest BCUT2D eigenvalue weighted by molar-refractivity contribution is 0.613. The number of aryl methyl sites for hydroxylation is 2. The first kappa shape index (κ1) is 10.3. The number of thiophene rings is 1. The van der Waals surface area contributed by atoms with E-state index in [0.717, 1.165) is 12.8 Å². The Kier molecular flexibility index (Phi) is 2.30. The van der Waals surface area contributed by atoms with Gasteiger partial charge < -0.3 is 5.73 Å². The normalized spacial score (nSPS) is 17.9. The molecule has 1 aromatic carbocycles. The second kappa shape index (κ2) is 3.57. The highest BCUT2D eigenvalue weighted by Crippen LogP contribution is 2.38. The van der Waals surface area contributed by atoms with Crippen molar-refractivity contribution >= 4 is 21.4 Å². The molecular weight excluding hydrogens is 214 g/mol. The van der Waals surface area contributed by atoms with E-state index in [1.807, 2.05) is 11.3 Å². The van der Waals surface area contributed by atoms with E-state index in [2.05, 4.69) is 31.2 Å². The van der Waals surface area contributed by atoms with Gasteiger partial charge in [-0.25, -0.2) is 0 Å². The molecule has 0 saturated heterocycles. The van der Waals surface area contributed by atoms with Crippen LogP contribution in [0.3, 0.4) is 0 Å². The van der Waals surface area contributed by atoms with E-state index >= 15 is 0 Å². The molecule has 1 aliphatic rings. The molecule has 1 saturated carbocycles. The molecule has 2 aromatic rings. The standard InChI is InChI=1S/C14H17NS/c1-10-3-2-4-11-9-12(16-13(10)11)5-6-14(15)7-8-14/h2-4,9H,5-8,15H2,1H3. The van der Waals surface area contributed by atoms with Gasteiger partial charge in [0.25, 0.3) is 0 Å². The average Bonchev–Trinajstić information content (AvgIpc) is 2.84. The van der Waals surface area contributed by atoms with Gasteiger partial charge in [0, 0.05) is 15.1 Å². The summed E-state index contributed by atoms with van der Waals surface area (Å²) in [6.45, 7) is 2.19. The zero-order valence-corrected chi connectivity index (χ0v) is 10.4. The zero-order valence-electron chi connectivity index (χ0n) is 9.62. The number of hydrogen-bond donors (Lipinski definition) is 1. The average molecular weight is 231 g/mol. The molecule has 2 heteroatoms. The molecular formula is C14H17NS. The van der Waals surface area contributed by atoms with Crippen molar-refractivity contribution in [1.82, 2.24) is 0 Å².